The number of hydrogen-bond acceptors (Lipinski definition) is 14. The number of hydrogen-bond donors (Lipinski definition) is 4. The highest BCUT2D eigenvalue weighted by Crippen LogP contribution is 2.53. The van der Waals surface area contributed by atoms with Crippen molar-refractivity contribution in [2.45, 2.75) is 113 Å². The second-order valence-corrected chi connectivity index (χ2v) is 25.0. The van der Waals surface area contributed by atoms with Crippen molar-refractivity contribution in [2.24, 2.45) is 11.3 Å². The number of halogens is 1. The van der Waals surface area contributed by atoms with Gasteiger partial charge in [0.1, 0.15) is 34.7 Å². The molecule has 412 valence electrons. The zero-order valence-corrected chi connectivity index (χ0v) is 46.0. The number of aromatic nitrogens is 2. The van der Waals surface area contributed by atoms with Gasteiger partial charge in [0.05, 0.1) is 45.4 Å². The van der Waals surface area contributed by atoms with E-state index >= 15 is 0 Å². The van der Waals surface area contributed by atoms with Gasteiger partial charge in [0.25, 0.3) is 21.6 Å². The second kappa shape index (κ2) is 22.1. The second-order valence-electron chi connectivity index (χ2n) is 22.9. The third-order valence-electron chi connectivity index (χ3n) is 17.1. The van der Waals surface area contributed by atoms with E-state index in [-0.39, 0.29) is 46.2 Å². The molecule has 78 heavy (non-hydrogen) atoms. The van der Waals surface area contributed by atoms with Crippen LogP contribution in [0.5, 0.6) is 17.2 Å². The third kappa shape index (κ3) is 11.7. The van der Waals surface area contributed by atoms with Crippen molar-refractivity contribution >= 4 is 55.6 Å². The van der Waals surface area contributed by atoms with Gasteiger partial charge in [-0.3, -0.25) is 24.7 Å². The maximum atomic E-state index is 14.2. The fourth-order valence-corrected chi connectivity index (χ4v) is 13.6. The molecule has 3 aliphatic heterocycles. The molecule has 1 unspecified atom stereocenters. The summed E-state index contributed by atoms with van der Waals surface area (Å²) in [4.78, 5) is 40.5. The van der Waals surface area contributed by atoms with Crippen molar-refractivity contribution in [3.05, 3.63) is 141 Å². The molecule has 11 rings (SSSR count). The predicted molar refractivity (Wildman–Crippen MR) is 300 cm³/mol. The molecule has 2 aliphatic carbocycles. The van der Waals surface area contributed by atoms with Gasteiger partial charge in [-0.2, -0.15) is 0 Å². The lowest BCUT2D eigenvalue weighted by Crippen LogP contribution is -2.60. The number of nitrogens with one attached hydrogen (secondary N) is 3. The van der Waals surface area contributed by atoms with E-state index in [9.17, 15) is 28.4 Å². The number of carbonyl (C=O) groups excluding carboxylic acids is 1. The number of carbonyl (C=O) groups is 1. The van der Waals surface area contributed by atoms with Crippen molar-refractivity contribution in [3.8, 4) is 17.2 Å². The zero-order valence-electron chi connectivity index (χ0n) is 44.5. The van der Waals surface area contributed by atoms with Gasteiger partial charge in [-0.25, -0.2) is 18.1 Å². The molecule has 19 heteroatoms. The number of pyridine rings is 1. The van der Waals surface area contributed by atoms with Crippen molar-refractivity contribution in [1.82, 2.24) is 24.5 Å². The number of fused-ring (bicyclic) bond motifs is 1. The Kier molecular flexibility index (Phi) is 15.2. The van der Waals surface area contributed by atoms with Crippen LogP contribution in [-0.2, 0) is 21.3 Å². The van der Waals surface area contributed by atoms with E-state index in [1.54, 1.807) is 24.4 Å². The van der Waals surface area contributed by atoms with Gasteiger partial charge >= 0.3 is 0 Å². The minimum Gasteiger partial charge on any atom is -0.486 e. The predicted octanol–water partition coefficient (Wildman–Crippen LogP) is 10.6. The highest BCUT2D eigenvalue weighted by molar-refractivity contribution is 7.90. The Balaban J connectivity index is 0.774. The third-order valence-corrected chi connectivity index (χ3v) is 18.7. The van der Waals surface area contributed by atoms with Crippen molar-refractivity contribution in [1.29, 1.82) is 0 Å². The Morgan fingerprint density at radius 2 is 1.72 bits per heavy atom. The number of nitro groups is 1. The summed E-state index contributed by atoms with van der Waals surface area (Å²) in [5.41, 5.74) is 4.62. The van der Waals surface area contributed by atoms with E-state index in [0.717, 1.165) is 95.3 Å². The van der Waals surface area contributed by atoms with E-state index in [2.05, 4.69) is 97.1 Å². The lowest BCUT2D eigenvalue weighted by molar-refractivity contribution is -0.384. The number of nitrogens with zero attached hydrogens (tertiary/aromatic N) is 5. The summed E-state index contributed by atoms with van der Waals surface area (Å²) in [6, 6.07) is 28.6. The van der Waals surface area contributed by atoms with Crippen molar-refractivity contribution < 1.29 is 37.5 Å². The van der Waals surface area contributed by atoms with E-state index in [1.807, 2.05) is 13.0 Å². The highest BCUT2D eigenvalue weighted by Gasteiger charge is 2.50. The average Bonchev–Trinajstić information content (AvgIpc) is 3.93. The van der Waals surface area contributed by atoms with Gasteiger partial charge in [-0.15, -0.1) is 0 Å². The average molecular weight is 1100 g/mol. The molecule has 2 saturated carbocycles. The van der Waals surface area contributed by atoms with Gasteiger partial charge in [0, 0.05) is 87.3 Å². The number of H-pyrrole nitrogens is 1. The first-order valence-electron chi connectivity index (χ1n) is 27.4. The number of ether oxygens (including phenoxy) is 3. The number of anilines is 2. The number of amides is 1. The molecular formula is C59H69ClN8O9S. The number of sulfonamides is 1. The maximum Gasteiger partial charge on any atom is 0.293 e. The number of rotatable bonds is 17. The fraction of sp³-hybridized carbons (Fsp3) is 0.458. The Hall–Kier alpha value is -6.28. The molecule has 6 aromatic rings. The van der Waals surface area contributed by atoms with E-state index in [0.29, 0.717) is 60.6 Å². The minimum atomic E-state index is -4.62. The SMILES string of the molecule is CC(C)c1ccccc1C1CN(Cc2ccc(OC3COC3)cc2)CCN1C1CC2(CCN(c3ccc(C(=O)NS(=O)(=O)c4ccc(NCC5CCC(C)(O)CC5)c([N+](=O)[O-])c4)c(Oc4cnc5[nH]cc(Cl)c5c4)c3)CC2)C1. The van der Waals surface area contributed by atoms with Crippen LogP contribution in [-0.4, -0.2) is 114 Å². The van der Waals surface area contributed by atoms with Crippen LogP contribution in [0.2, 0.25) is 5.02 Å². The van der Waals surface area contributed by atoms with Crippen LogP contribution in [0.1, 0.15) is 111 Å². The lowest BCUT2D eigenvalue weighted by Gasteiger charge is -2.58. The van der Waals surface area contributed by atoms with Gasteiger partial charge in [0.2, 0.25) is 0 Å². The number of piperidine rings is 1. The molecule has 1 amide bonds. The Morgan fingerprint density at radius 3 is 2.44 bits per heavy atom. The Morgan fingerprint density at radius 1 is 0.962 bits per heavy atom. The van der Waals surface area contributed by atoms with E-state index in [4.69, 9.17) is 25.8 Å². The van der Waals surface area contributed by atoms with Crippen LogP contribution < -0.4 is 24.4 Å². The summed E-state index contributed by atoms with van der Waals surface area (Å²) in [6.45, 7) is 13.5. The Bertz CT molecular complexity index is 3270. The molecule has 5 aliphatic rings. The first-order chi connectivity index (χ1) is 37.5. The first kappa shape index (κ1) is 53.7. The standard InChI is InChI=1S/C59H69ClN8O9S/c1-38(2)47-6-4-5-7-48(47)54-35-65(34-40-8-11-43(12-9-40)76-45-36-75-37-45)24-25-67(54)42-29-59(30-42)20-22-66(23-21-59)41-10-14-49(55(26-41)77-44-27-50-51(60)33-63-56(50)62-32-44)57(69)64-78(73,74)46-13-15-52(53(28-46)68(71)72)61-31-39-16-18-58(3,70)19-17-39/h4-15,26-28,32-33,38-39,42,45,54,61,70H,16-25,29-31,34-37H2,1-3H3,(H,62,63)(H,64,69). The molecule has 1 atom stereocenters. The zero-order chi connectivity index (χ0) is 54.3. The van der Waals surface area contributed by atoms with Gasteiger partial charge in [-0.1, -0.05) is 61.8 Å². The number of aliphatic hydroxyl groups is 1. The topological polar surface area (TPSA) is 205 Å². The summed E-state index contributed by atoms with van der Waals surface area (Å²) in [7, 11) is -4.62. The molecule has 4 aromatic carbocycles. The number of piperazine rings is 1. The summed E-state index contributed by atoms with van der Waals surface area (Å²) < 4.78 is 47.7. The van der Waals surface area contributed by atoms with Crippen LogP contribution >= 0.6 is 11.6 Å². The van der Waals surface area contributed by atoms with Crippen LogP contribution in [0.4, 0.5) is 17.1 Å². The maximum absolute atomic E-state index is 14.2. The molecule has 1 spiro atoms. The molecule has 5 fully saturated rings. The van der Waals surface area contributed by atoms with Crippen LogP contribution in [0.3, 0.4) is 0 Å². The number of aromatic amines is 1. The quantitative estimate of drug-likeness (QED) is 0.0496. The van der Waals surface area contributed by atoms with E-state index < -0.39 is 37.0 Å². The van der Waals surface area contributed by atoms with Gasteiger partial charge in [0.15, 0.2) is 0 Å². The molecular weight excluding hydrogens is 1030 g/mol. The molecule has 3 saturated heterocycles. The van der Waals surface area contributed by atoms with Crippen LogP contribution in [0.15, 0.2) is 108 Å². The fourth-order valence-electron chi connectivity index (χ4n) is 12.4. The van der Waals surface area contributed by atoms with Crippen LogP contribution in [0.25, 0.3) is 11.0 Å². The summed E-state index contributed by atoms with van der Waals surface area (Å²) in [5, 5.41) is 26.8. The molecule has 5 heterocycles. The summed E-state index contributed by atoms with van der Waals surface area (Å²) >= 11 is 6.46. The van der Waals surface area contributed by atoms with Gasteiger partial charge in [-0.05, 0) is 135 Å². The lowest BCUT2D eigenvalue weighted by atomic mass is 9.59. The number of benzene rings is 4. The molecule has 17 nitrogen and oxygen atoms in total. The minimum absolute atomic E-state index is 0.0616. The van der Waals surface area contributed by atoms with Crippen molar-refractivity contribution in [2.75, 3.05) is 62.7 Å². The Labute approximate surface area is 460 Å². The highest BCUT2D eigenvalue weighted by atomic mass is 35.5. The normalized spacial score (nSPS) is 22.3. The molecule has 2 aromatic heterocycles. The molecule has 0 bridgehead atoms. The summed E-state index contributed by atoms with van der Waals surface area (Å²) in [6.07, 6.45) is 10.3. The van der Waals surface area contributed by atoms with Crippen molar-refractivity contribution in [3.63, 3.8) is 0 Å². The number of nitro benzene ring substituents is 1. The summed E-state index contributed by atoms with van der Waals surface area (Å²) in [5.74, 6) is 0.885. The molecule has 0 radical (unpaired) electrons. The smallest absolute Gasteiger partial charge is 0.293 e. The molecule has 4 N–H and O–H groups in total. The first-order valence-corrected chi connectivity index (χ1v) is 29.2. The van der Waals surface area contributed by atoms with E-state index in [1.165, 1.54) is 35.0 Å². The monoisotopic (exact) mass is 1100 g/mol. The van der Waals surface area contributed by atoms with Gasteiger partial charge < -0.3 is 34.5 Å². The van der Waals surface area contributed by atoms with Crippen LogP contribution in [0, 0.1) is 21.4 Å². The largest absolute Gasteiger partial charge is 0.486 e.